The standard InChI is InChI=1S/C10H20N2O3/c1-3-4-6-12(2)7-5-9(13)11-8-10(14)15/h3-8H2,1-2H3,(H,11,13)(H,14,15). The van der Waals surface area contributed by atoms with Gasteiger partial charge >= 0.3 is 5.97 Å². The number of carboxylic acid groups (broad SMARTS) is 1. The fraction of sp³-hybridized carbons (Fsp3) is 0.800. The molecule has 0 spiro atoms. The van der Waals surface area contributed by atoms with Crippen molar-refractivity contribution in [2.24, 2.45) is 0 Å². The van der Waals surface area contributed by atoms with Gasteiger partial charge < -0.3 is 15.3 Å². The Morgan fingerprint density at radius 1 is 1.33 bits per heavy atom. The van der Waals surface area contributed by atoms with Gasteiger partial charge in [0.25, 0.3) is 0 Å². The Balaban J connectivity index is 3.48. The third kappa shape index (κ3) is 9.21. The lowest BCUT2D eigenvalue weighted by Crippen LogP contribution is -2.32. The molecule has 5 nitrogen and oxygen atoms in total. The van der Waals surface area contributed by atoms with Crippen LogP contribution in [0, 0.1) is 0 Å². The molecule has 2 N–H and O–H groups in total. The minimum absolute atomic E-state index is 0.208. The third-order valence-electron chi connectivity index (χ3n) is 2.05. The first-order valence-electron chi connectivity index (χ1n) is 5.23. The molecule has 0 aromatic rings. The molecule has 0 rings (SSSR count). The Morgan fingerprint density at radius 2 is 2.00 bits per heavy atom. The van der Waals surface area contributed by atoms with Crippen molar-refractivity contribution in [2.45, 2.75) is 26.2 Å². The summed E-state index contributed by atoms with van der Waals surface area (Å²) in [4.78, 5) is 23.4. The molecule has 15 heavy (non-hydrogen) atoms. The Bertz CT molecular complexity index is 207. The number of amides is 1. The molecule has 0 aliphatic carbocycles. The number of carboxylic acids is 1. The average molecular weight is 216 g/mol. The second-order valence-corrected chi connectivity index (χ2v) is 3.58. The van der Waals surface area contributed by atoms with E-state index in [0.717, 1.165) is 19.4 Å². The second-order valence-electron chi connectivity index (χ2n) is 3.58. The first-order valence-corrected chi connectivity index (χ1v) is 5.23. The molecule has 0 unspecified atom stereocenters. The van der Waals surface area contributed by atoms with Crippen LogP contribution in [0.3, 0.4) is 0 Å². The van der Waals surface area contributed by atoms with Gasteiger partial charge in [0.05, 0.1) is 0 Å². The number of nitrogens with zero attached hydrogens (tertiary/aromatic N) is 1. The van der Waals surface area contributed by atoms with Gasteiger partial charge in [-0.25, -0.2) is 0 Å². The molecule has 0 heterocycles. The SMILES string of the molecule is CCCCN(C)CCC(=O)NCC(=O)O. The normalized spacial score (nSPS) is 10.3. The van der Waals surface area contributed by atoms with Gasteiger partial charge in [-0.3, -0.25) is 9.59 Å². The molecule has 0 aromatic carbocycles. The molecule has 0 saturated carbocycles. The van der Waals surface area contributed by atoms with Gasteiger partial charge in [0.15, 0.2) is 0 Å². The number of aliphatic carboxylic acids is 1. The zero-order chi connectivity index (χ0) is 11.7. The number of carbonyl (C=O) groups excluding carboxylic acids is 1. The van der Waals surface area contributed by atoms with Crippen molar-refractivity contribution in [3.63, 3.8) is 0 Å². The predicted molar refractivity (Wildman–Crippen MR) is 57.7 cm³/mol. The molecular weight excluding hydrogens is 196 g/mol. The van der Waals surface area contributed by atoms with E-state index in [9.17, 15) is 9.59 Å². The maximum Gasteiger partial charge on any atom is 0.322 e. The third-order valence-corrected chi connectivity index (χ3v) is 2.05. The summed E-state index contributed by atoms with van der Waals surface area (Å²) in [7, 11) is 1.96. The van der Waals surface area contributed by atoms with Crippen LogP contribution in [0.4, 0.5) is 0 Å². The lowest BCUT2D eigenvalue weighted by molar-refractivity contribution is -0.138. The second kappa shape index (κ2) is 8.23. The molecular formula is C10H20N2O3. The zero-order valence-corrected chi connectivity index (χ0v) is 9.45. The largest absolute Gasteiger partial charge is 0.480 e. The van der Waals surface area contributed by atoms with Gasteiger partial charge in [0.2, 0.25) is 5.91 Å². The van der Waals surface area contributed by atoms with E-state index in [1.54, 1.807) is 0 Å². The highest BCUT2D eigenvalue weighted by Crippen LogP contribution is 1.93. The summed E-state index contributed by atoms with van der Waals surface area (Å²) < 4.78 is 0. The quantitative estimate of drug-likeness (QED) is 0.612. The molecule has 0 aromatic heterocycles. The Morgan fingerprint density at radius 3 is 2.53 bits per heavy atom. The van der Waals surface area contributed by atoms with Crippen molar-refractivity contribution < 1.29 is 14.7 Å². The van der Waals surface area contributed by atoms with Crippen molar-refractivity contribution >= 4 is 11.9 Å². The van der Waals surface area contributed by atoms with Crippen LogP contribution in [0.25, 0.3) is 0 Å². The van der Waals surface area contributed by atoms with E-state index in [-0.39, 0.29) is 12.5 Å². The summed E-state index contributed by atoms with van der Waals surface area (Å²) in [6.07, 6.45) is 2.61. The molecule has 5 heteroatoms. The van der Waals surface area contributed by atoms with Crippen molar-refractivity contribution in [2.75, 3.05) is 26.7 Å². The number of rotatable bonds is 8. The van der Waals surface area contributed by atoms with E-state index in [0.29, 0.717) is 13.0 Å². The lowest BCUT2D eigenvalue weighted by Gasteiger charge is -2.15. The van der Waals surface area contributed by atoms with Gasteiger partial charge in [-0.15, -0.1) is 0 Å². The number of carbonyl (C=O) groups is 2. The molecule has 88 valence electrons. The van der Waals surface area contributed by atoms with Gasteiger partial charge in [-0.2, -0.15) is 0 Å². The van der Waals surface area contributed by atoms with Crippen LogP contribution in [0.15, 0.2) is 0 Å². The Labute approximate surface area is 90.5 Å². The van der Waals surface area contributed by atoms with Crippen LogP contribution >= 0.6 is 0 Å². The number of unbranched alkanes of at least 4 members (excludes halogenated alkanes) is 1. The minimum atomic E-state index is -1.01. The van der Waals surface area contributed by atoms with Crippen LogP contribution in [0.5, 0.6) is 0 Å². The summed E-state index contributed by atoms with van der Waals surface area (Å²) in [5.74, 6) is -1.22. The Hall–Kier alpha value is -1.10. The summed E-state index contributed by atoms with van der Waals surface area (Å²) in [5.41, 5.74) is 0. The van der Waals surface area contributed by atoms with E-state index >= 15 is 0 Å². The summed E-state index contributed by atoms with van der Waals surface area (Å²) in [6.45, 7) is 3.47. The van der Waals surface area contributed by atoms with Crippen molar-refractivity contribution in [1.82, 2.24) is 10.2 Å². The highest BCUT2D eigenvalue weighted by molar-refractivity contribution is 5.81. The van der Waals surface area contributed by atoms with E-state index in [2.05, 4.69) is 17.1 Å². The van der Waals surface area contributed by atoms with Crippen LogP contribution in [0.2, 0.25) is 0 Å². The van der Waals surface area contributed by atoms with E-state index in [1.165, 1.54) is 0 Å². The van der Waals surface area contributed by atoms with Crippen molar-refractivity contribution in [3.05, 3.63) is 0 Å². The van der Waals surface area contributed by atoms with Crippen LogP contribution in [-0.4, -0.2) is 48.6 Å². The minimum Gasteiger partial charge on any atom is -0.480 e. The van der Waals surface area contributed by atoms with Crippen LogP contribution in [-0.2, 0) is 9.59 Å². The molecule has 0 saturated heterocycles. The smallest absolute Gasteiger partial charge is 0.322 e. The van der Waals surface area contributed by atoms with E-state index in [4.69, 9.17) is 5.11 Å². The van der Waals surface area contributed by atoms with Gasteiger partial charge in [0, 0.05) is 13.0 Å². The number of hydrogen-bond acceptors (Lipinski definition) is 3. The number of hydrogen-bond donors (Lipinski definition) is 2. The molecule has 0 fully saturated rings. The number of nitrogens with one attached hydrogen (secondary N) is 1. The first kappa shape index (κ1) is 13.9. The summed E-state index contributed by atoms with van der Waals surface area (Å²) >= 11 is 0. The molecule has 0 aliphatic heterocycles. The van der Waals surface area contributed by atoms with Crippen LogP contribution in [0.1, 0.15) is 26.2 Å². The first-order chi connectivity index (χ1) is 7.06. The molecule has 0 aliphatic rings. The highest BCUT2D eigenvalue weighted by atomic mass is 16.4. The average Bonchev–Trinajstić information content (AvgIpc) is 2.20. The van der Waals surface area contributed by atoms with E-state index < -0.39 is 5.97 Å². The van der Waals surface area contributed by atoms with E-state index in [1.807, 2.05) is 7.05 Å². The highest BCUT2D eigenvalue weighted by Gasteiger charge is 2.05. The van der Waals surface area contributed by atoms with Gasteiger partial charge in [-0.1, -0.05) is 13.3 Å². The van der Waals surface area contributed by atoms with Crippen molar-refractivity contribution in [1.29, 1.82) is 0 Å². The molecule has 0 atom stereocenters. The van der Waals surface area contributed by atoms with Gasteiger partial charge in [-0.05, 0) is 20.0 Å². The summed E-state index contributed by atoms with van der Waals surface area (Å²) in [5, 5.41) is 10.7. The molecule has 0 radical (unpaired) electrons. The van der Waals surface area contributed by atoms with Crippen LogP contribution < -0.4 is 5.32 Å². The fourth-order valence-electron chi connectivity index (χ4n) is 1.09. The van der Waals surface area contributed by atoms with Gasteiger partial charge in [0.1, 0.15) is 6.54 Å². The molecule has 0 bridgehead atoms. The summed E-state index contributed by atoms with van der Waals surface area (Å²) in [6, 6.07) is 0. The Kier molecular flexibility index (Phi) is 7.62. The maximum absolute atomic E-state index is 11.1. The monoisotopic (exact) mass is 216 g/mol. The fourth-order valence-corrected chi connectivity index (χ4v) is 1.09. The zero-order valence-electron chi connectivity index (χ0n) is 9.45. The molecule has 1 amide bonds. The lowest BCUT2D eigenvalue weighted by atomic mass is 10.3. The predicted octanol–water partition coefficient (Wildman–Crippen LogP) is 0.309. The topological polar surface area (TPSA) is 69.6 Å². The maximum atomic E-state index is 11.1. The van der Waals surface area contributed by atoms with Crippen molar-refractivity contribution in [3.8, 4) is 0 Å².